The quantitative estimate of drug-likeness (QED) is 0.730. The van der Waals surface area contributed by atoms with E-state index in [2.05, 4.69) is 4.29 Å². The summed E-state index contributed by atoms with van der Waals surface area (Å²) < 4.78 is 3.99. The van der Waals surface area contributed by atoms with Crippen molar-refractivity contribution in [2.75, 3.05) is 0 Å². The molecule has 0 amide bonds. The van der Waals surface area contributed by atoms with E-state index in [4.69, 9.17) is 11.9 Å². The Balaban J connectivity index is 3.16. The summed E-state index contributed by atoms with van der Waals surface area (Å²) in [6.07, 6.45) is 0. The zero-order valence-electron chi connectivity index (χ0n) is 6.37. The van der Waals surface area contributed by atoms with Crippen LogP contribution in [0.4, 0.5) is 0 Å². The predicted octanol–water partition coefficient (Wildman–Crippen LogP) is 2.01. The molecular formula is C8H7ClO3. The summed E-state index contributed by atoms with van der Waals surface area (Å²) in [7, 11) is 0. The molecule has 3 nitrogen and oxygen atoms in total. The average Bonchev–Trinajstić information content (AvgIpc) is 2.08. The molecule has 0 spiro atoms. The molecule has 0 aliphatic heterocycles. The number of carbonyl (C=O) groups excluding carboxylic acids is 1. The van der Waals surface area contributed by atoms with E-state index in [0.717, 1.165) is 0 Å². The Hall–Kier alpha value is -1.22. The zero-order valence-corrected chi connectivity index (χ0v) is 7.13. The molecular weight excluding hydrogens is 180 g/mol. The van der Waals surface area contributed by atoms with Gasteiger partial charge in [-0.2, -0.15) is 0 Å². The van der Waals surface area contributed by atoms with E-state index in [-0.39, 0.29) is 11.3 Å². The molecule has 0 heterocycles. The lowest BCUT2D eigenvalue weighted by molar-refractivity contribution is 0.0750. The van der Waals surface area contributed by atoms with Gasteiger partial charge < -0.3 is 9.40 Å². The number of aromatic hydroxyl groups is 1. The summed E-state index contributed by atoms with van der Waals surface area (Å²) in [5.41, 5.74) is 0.730. The Morgan fingerprint density at radius 1 is 1.58 bits per heavy atom. The van der Waals surface area contributed by atoms with Gasteiger partial charge in [0, 0.05) is 5.56 Å². The topological polar surface area (TPSA) is 46.5 Å². The maximum atomic E-state index is 10.9. The minimum Gasteiger partial charge on any atom is -0.508 e. The van der Waals surface area contributed by atoms with Crippen molar-refractivity contribution in [1.29, 1.82) is 0 Å². The Bertz CT molecular complexity index is 309. The maximum absolute atomic E-state index is 10.9. The molecule has 1 rings (SSSR count). The van der Waals surface area contributed by atoms with E-state index >= 15 is 0 Å². The van der Waals surface area contributed by atoms with Gasteiger partial charge in [0.2, 0.25) is 0 Å². The highest BCUT2D eigenvalue weighted by Gasteiger charge is 2.11. The molecule has 12 heavy (non-hydrogen) atoms. The molecule has 0 atom stereocenters. The number of rotatable bonds is 1. The number of phenols is 1. The van der Waals surface area contributed by atoms with Gasteiger partial charge in [-0.25, -0.2) is 4.79 Å². The van der Waals surface area contributed by atoms with Crippen LogP contribution in [0.2, 0.25) is 0 Å². The highest BCUT2D eigenvalue weighted by atomic mass is 35.5. The second-order valence-electron chi connectivity index (χ2n) is 2.31. The summed E-state index contributed by atoms with van der Waals surface area (Å²) in [5.74, 6) is -0.611. The third-order valence-electron chi connectivity index (χ3n) is 1.60. The lowest BCUT2D eigenvalue weighted by atomic mass is 10.1. The SMILES string of the molecule is Cc1c(O)cccc1C(=O)OCl. The van der Waals surface area contributed by atoms with Crippen LogP contribution >= 0.6 is 11.9 Å². The van der Waals surface area contributed by atoms with Gasteiger partial charge in [-0.3, -0.25) is 0 Å². The molecule has 0 saturated carbocycles. The van der Waals surface area contributed by atoms with Crippen LogP contribution in [-0.4, -0.2) is 11.1 Å². The first kappa shape index (κ1) is 8.87. The Morgan fingerprint density at radius 2 is 2.25 bits per heavy atom. The standard InChI is InChI=1S/C8H7ClO3/c1-5-6(8(11)12-9)3-2-4-7(5)10/h2-4,10H,1H3. The van der Waals surface area contributed by atoms with Gasteiger partial charge in [0.05, 0.1) is 5.56 Å². The highest BCUT2D eigenvalue weighted by Crippen LogP contribution is 2.20. The van der Waals surface area contributed by atoms with E-state index in [9.17, 15) is 9.90 Å². The average molecular weight is 187 g/mol. The Labute approximate surface area is 74.7 Å². The van der Waals surface area contributed by atoms with Gasteiger partial charge in [0.15, 0.2) is 0 Å². The lowest BCUT2D eigenvalue weighted by Gasteiger charge is -2.02. The van der Waals surface area contributed by atoms with Gasteiger partial charge in [-0.15, -0.1) is 0 Å². The van der Waals surface area contributed by atoms with Gasteiger partial charge in [0.1, 0.15) is 17.6 Å². The van der Waals surface area contributed by atoms with Crippen molar-refractivity contribution in [1.82, 2.24) is 0 Å². The summed E-state index contributed by atoms with van der Waals surface area (Å²) in [5, 5.41) is 9.19. The number of hydrogen-bond donors (Lipinski definition) is 1. The summed E-state index contributed by atoms with van der Waals surface area (Å²) in [6.45, 7) is 1.61. The number of benzene rings is 1. The molecule has 0 saturated heterocycles. The van der Waals surface area contributed by atoms with Gasteiger partial charge >= 0.3 is 5.97 Å². The van der Waals surface area contributed by atoms with Crippen LogP contribution in [0.5, 0.6) is 5.75 Å². The minimum atomic E-state index is -0.662. The number of hydrogen-bond acceptors (Lipinski definition) is 3. The van der Waals surface area contributed by atoms with Crippen LogP contribution in [0.1, 0.15) is 15.9 Å². The first-order valence-corrected chi connectivity index (χ1v) is 3.59. The molecule has 4 heteroatoms. The van der Waals surface area contributed by atoms with Crippen molar-refractivity contribution in [3.8, 4) is 5.75 Å². The van der Waals surface area contributed by atoms with Crippen LogP contribution < -0.4 is 0 Å². The van der Waals surface area contributed by atoms with Crippen molar-refractivity contribution in [3.05, 3.63) is 29.3 Å². The normalized spacial score (nSPS) is 9.50. The first-order chi connectivity index (χ1) is 5.66. The molecule has 1 N–H and O–H groups in total. The second-order valence-corrected chi connectivity index (χ2v) is 2.47. The Morgan fingerprint density at radius 3 is 2.83 bits per heavy atom. The number of carbonyl (C=O) groups is 1. The van der Waals surface area contributed by atoms with Gasteiger partial charge in [-0.05, 0) is 19.1 Å². The molecule has 64 valence electrons. The largest absolute Gasteiger partial charge is 0.508 e. The first-order valence-electron chi connectivity index (χ1n) is 3.28. The number of phenolic OH excluding ortho intramolecular Hbond substituents is 1. The Kier molecular flexibility index (Phi) is 2.55. The lowest BCUT2D eigenvalue weighted by Crippen LogP contribution is -2.00. The van der Waals surface area contributed by atoms with E-state index in [0.29, 0.717) is 5.56 Å². The smallest absolute Gasteiger partial charge is 0.356 e. The van der Waals surface area contributed by atoms with Crippen LogP contribution in [0, 0.1) is 6.92 Å². The van der Waals surface area contributed by atoms with Crippen LogP contribution in [0.25, 0.3) is 0 Å². The number of halogens is 1. The molecule has 0 aliphatic rings. The van der Waals surface area contributed by atoms with Gasteiger partial charge in [-0.1, -0.05) is 6.07 Å². The molecule has 1 aromatic carbocycles. The van der Waals surface area contributed by atoms with Crippen molar-refractivity contribution in [2.24, 2.45) is 0 Å². The monoisotopic (exact) mass is 186 g/mol. The second kappa shape index (κ2) is 3.45. The van der Waals surface area contributed by atoms with Crippen molar-refractivity contribution >= 4 is 17.8 Å². The van der Waals surface area contributed by atoms with Crippen molar-refractivity contribution in [2.45, 2.75) is 6.92 Å². The molecule has 0 radical (unpaired) electrons. The highest BCUT2D eigenvalue weighted by molar-refractivity contribution is 6.16. The van der Waals surface area contributed by atoms with E-state index in [1.165, 1.54) is 12.1 Å². The molecule has 0 fully saturated rings. The third-order valence-corrected chi connectivity index (χ3v) is 1.74. The van der Waals surface area contributed by atoms with Gasteiger partial charge in [0.25, 0.3) is 0 Å². The molecule has 0 aromatic heterocycles. The zero-order chi connectivity index (χ0) is 9.14. The van der Waals surface area contributed by atoms with Crippen LogP contribution in [0.15, 0.2) is 18.2 Å². The van der Waals surface area contributed by atoms with Crippen LogP contribution in [-0.2, 0) is 4.29 Å². The van der Waals surface area contributed by atoms with E-state index in [1.54, 1.807) is 13.0 Å². The van der Waals surface area contributed by atoms with Crippen LogP contribution in [0.3, 0.4) is 0 Å². The maximum Gasteiger partial charge on any atom is 0.356 e. The molecule has 0 bridgehead atoms. The third kappa shape index (κ3) is 1.51. The fourth-order valence-corrected chi connectivity index (χ4v) is 0.969. The fraction of sp³-hybridized carbons (Fsp3) is 0.125. The van der Waals surface area contributed by atoms with Crippen molar-refractivity contribution < 1.29 is 14.2 Å². The molecule has 0 unspecified atom stereocenters. The minimum absolute atomic E-state index is 0.0505. The summed E-state index contributed by atoms with van der Waals surface area (Å²) in [4.78, 5) is 10.9. The predicted molar refractivity (Wildman–Crippen MR) is 44.1 cm³/mol. The summed E-state index contributed by atoms with van der Waals surface area (Å²) in [6, 6.07) is 4.56. The molecule has 0 aliphatic carbocycles. The fourth-order valence-electron chi connectivity index (χ4n) is 0.886. The van der Waals surface area contributed by atoms with E-state index in [1.807, 2.05) is 0 Å². The van der Waals surface area contributed by atoms with E-state index < -0.39 is 5.97 Å². The van der Waals surface area contributed by atoms with Crippen molar-refractivity contribution in [3.63, 3.8) is 0 Å². The summed E-state index contributed by atoms with van der Waals surface area (Å²) >= 11 is 4.88. The molecule has 1 aromatic rings.